The third-order valence-electron chi connectivity index (χ3n) is 4.74. The second kappa shape index (κ2) is 9.76. The van der Waals surface area contributed by atoms with E-state index >= 15 is 0 Å². The molecule has 0 fully saturated rings. The minimum atomic E-state index is -1.15. The van der Waals surface area contributed by atoms with Gasteiger partial charge in [0.1, 0.15) is 6.04 Å². The van der Waals surface area contributed by atoms with E-state index in [4.69, 9.17) is 28.9 Å². The number of nitrogens with one attached hydrogen (secondary N) is 1. The Morgan fingerprint density at radius 2 is 1.57 bits per heavy atom. The van der Waals surface area contributed by atoms with Crippen molar-refractivity contribution in [2.24, 2.45) is 5.73 Å². The summed E-state index contributed by atoms with van der Waals surface area (Å²) in [5, 5.41) is 12.4. The van der Waals surface area contributed by atoms with Crippen molar-refractivity contribution in [1.82, 2.24) is 5.32 Å². The van der Waals surface area contributed by atoms with Crippen molar-refractivity contribution in [2.75, 3.05) is 0 Å². The molecule has 154 valence electrons. The summed E-state index contributed by atoms with van der Waals surface area (Å²) in [6.45, 7) is 0.426. The standard InChI is InChI=1S/C23H20Cl2N2O3/c24-18-6-3-7-19(25)21(18)22(28)27-20(23(29)30)12-14-8-10-15(11-9-14)17-5-2-1-4-16(17)13-26/h1-11,20H,12-13,26H2,(H,27,28)(H,29,30)/t20-/m0/s1. The van der Waals surface area contributed by atoms with Gasteiger partial charge in [0.25, 0.3) is 5.91 Å². The van der Waals surface area contributed by atoms with Gasteiger partial charge in [-0.25, -0.2) is 4.79 Å². The second-order valence-corrected chi connectivity index (χ2v) is 7.54. The number of hydrogen-bond acceptors (Lipinski definition) is 3. The molecule has 3 rings (SSSR count). The molecular weight excluding hydrogens is 423 g/mol. The predicted octanol–water partition coefficient (Wildman–Crippen LogP) is 4.54. The van der Waals surface area contributed by atoms with Crippen LogP contribution in [0.15, 0.2) is 66.7 Å². The van der Waals surface area contributed by atoms with E-state index in [1.807, 2.05) is 48.5 Å². The Labute approximate surface area is 184 Å². The van der Waals surface area contributed by atoms with E-state index in [-0.39, 0.29) is 22.0 Å². The first-order valence-corrected chi connectivity index (χ1v) is 10.0. The van der Waals surface area contributed by atoms with Gasteiger partial charge in [-0.05, 0) is 34.4 Å². The van der Waals surface area contributed by atoms with Crippen molar-refractivity contribution in [3.8, 4) is 11.1 Å². The maximum atomic E-state index is 12.5. The van der Waals surface area contributed by atoms with Gasteiger partial charge < -0.3 is 16.2 Å². The molecule has 5 nitrogen and oxygen atoms in total. The molecule has 3 aromatic carbocycles. The van der Waals surface area contributed by atoms with Crippen LogP contribution in [0.2, 0.25) is 10.0 Å². The van der Waals surface area contributed by atoms with Gasteiger partial charge in [0.2, 0.25) is 0 Å². The third kappa shape index (κ3) is 5.00. The van der Waals surface area contributed by atoms with Crippen molar-refractivity contribution >= 4 is 35.1 Å². The van der Waals surface area contributed by atoms with Crippen LogP contribution in [0.5, 0.6) is 0 Å². The number of aliphatic carboxylic acids is 1. The molecule has 3 aromatic rings. The minimum Gasteiger partial charge on any atom is -0.480 e. The number of carbonyl (C=O) groups excluding carboxylic acids is 1. The van der Waals surface area contributed by atoms with E-state index in [9.17, 15) is 14.7 Å². The Hall–Kier alpha value is -2.86. The van der Waals surface area contributed by atoms with Crippen LogP contribution in [0.1, 0.15) is 21.5 Å². The van der Waals surface area contributed by atoms with Crippen LogP contribution in [0.4, 0.5) is 0 Å². The molecule has 1 amide bonds. The molecule has 30 heavy (non-hydrogen) atoms. The zero-order valence-corrected chi connectivity index (χ0v) is 17.5. The lowest BCUT2D eigenvalue weighted by Gasteiger charge is -2.16. The van der Waals surface area contributed by atoms with Crippen LogP contribution in [0.25, 0.3) is 11.1 Å². The van der Waals surface area contributed by atoms with Gasteiger partial charge in [-0.15, -0.1) is 0 Å². The highest BCUT2D eigenvalue weighted by molar-refractivity contribution is 6.39. The first-order chi connectivity index (χ1) is 14.4. The highest BCUT2D eigenvalue weighted by Gasteiger charge is 2.23. The molecule has 7 heteroatoms. The van der Waals surface area contributed by atoms with Gasteiger partial charge in [-0.2, -0.15) is 0 Å². The van der Waals surface area contributed by atoms with Gasteiger partial charge in [-0.1, -0.05) is 77.8 Å². The largest absolute Gasteiger partial charge is 0.480 e. The molecular formula is C23H20Cl2N2O3. The van der Waals surface area contributed by atoms with E-state index in [0.29, 0.717) is 6.54 Å². The molecule has 0 bridgehead atoms. The number of hydrogen-bond donors (Lipinski definition) is 3. The quantitative estimate of drug-likeness (QED) is 0.500. The molecule has 0 unspecified atom stereocenters. The van der Waals surface area contributed by atoms with Gasteiger partial charge in [0, 0.05) is 13.0 Å². The van der Waals surface area contributed by atoms with E-state index in [2.05, 4.69) is 5.32 Å². The Bertz CT molecular complexity index is 1050. The van der Waals surface area contributed by atoms with E-state index in [1.165, 1.54) is 12.1 Å². The molecule has 0 saturated heterocycles. The molecule has 0 aliphatic carbocycles. The highest BCUT2D eigenvalue weighted by Crippen LogP contribution is 2.25. The summed E-state index contributed by atoms with van der Waals surface area (Å²) < 4.78 is 0. The van der Waals surface area contributed by atoms with Crippen molar-refractivity contribution < 1.29 is 14.7 Å². The summed E-state index contributed by atoms with van der Waals surface area (Å²) >= 11 is 12.1. The molecule has 0 heterocycles. The van der Waals surface area contributed by atoms with Crippen LogP contribution < -0.4 is 11.1 Å². The Balaban J connectivity index is 1.77. The number of amides is 1. The molecule has 0 spiro atoms. The molecule has 0 aliphatic heterocycles. The summed E-state index contributed by atoms with van der Waals surface area (Å²) in [4.78, 5) is 24.3. The fourth-order valence-corrected chi connectivity index (χ4v) is 3.75. The summed E-state index contributed by atoms with van der Waals surface area (Å²) in [6.07, 6.45) is 0.113. The van der Waals surface area contributed by atoms with E-state index in [1.54, 1.807) is 6.07 Å². The lowest BCUT2D eigenvalue weighted by Crippen LogP contribution is -2.42. The normalized spacial score (nSPS) is 11.7. The number of rotatable bonds is 7. The number of carboxylic acid groups (broad SMARTS) is 1. The summed E-state index contributed by atoms with van der Waals surface area (Å²) in [5.41, 5.74) is 9.67. The lowest BCUT2D eigenvalue weighted by atomic mass is 9.97. The smallest absolute Gasteiger partial charge is 0.326 e. The topological polar surface area (TPSA) is 92.4 Å². The zero-order valence-electron chi connectivity index (χ0n) is 15.9. The Morgan fingerprint density at radius 3 is 2.17 bits per heavy atom. The number of carboxylic acids is 1. The summed E-state index contributed by atoms with van der Waals surface area (Å²) in [5.74, 6) is -1.78. The van der Waals surface area contributed by atoms with Crippen molar-refractivity contribution in [3.05, 3.63) is 93.5 Å². The Morgan fingerprint density at radius 1 is 0.933 bits per heavy atom. The maximum Gasteiger partial charge on any atom is 0.326 e. The average molecular weight is 443 g/mol. The number of carbonyl (C=O) groups is 2. The van der Waals surface area contributed by atoms with E-state index in [0.717, 1.165) is 22.3 Å². The average Bonchev–Trinajstić information content (AvgIpc) is 2.73. The lowest BCUT2D eigenvalue weighted by molar-refractivity contribution is -0.139. The van der Waals surface area contributed by atoms with Gasteiger partial charge >= 0.3 is 5.97 Å². The number of benzene rings is 3. The number of nitrogens with two attached hydrogens (primary N) is 1. The van der Waals surface area contributed by atoms with Crippen LogP contribution in [-0.2, 0) is 17.8 Å². The fourth-order valence-electron chi connectivity index (χ4n) is 3.18. The second-order valence-electron chi connectivity index (χ2n) is 6.72. The summed E-state index contributed by atoms with van der Waals surface area (Å²) in [6, 6.07) is 18.9. The molecule has 1 atom stereocenters. The van der Waals surface area contributed by atoms with Crippen LogP contribution in [-0.4, -0.2) is 23.0 Å². The van der Waals surface area contributed by atoms with Gasteiger partial charge in [0.15, 0.2) is 0 Å². The molecule has 0 aliphatic rings. The van der Waals surface area contributed by atoms with Crippen LogP contribution >= 0.6 is 23.2 Å². The fraction of sp³-hybridized carbons (Fsp3) is 0.130. The van der Waals surface area contributed by atoms with E-state index < -0.39 is 17.9 Å². The maximum absolute atomic E-state index is 12.5. The SMILES string of the molecule is NCc1ccccc1-c1ccc(C[C@H](NC(=O)c2c(Cl)cccc2Cl)C(=O)O)cc1. The van der Waals surface area contributed by atoms with Crippen molar-refractivity contribution in [2.45, 2.75) is 19.0 Å². The summed E-state index contributed by atoms with van der Waals surface area (Å²) in [7, 11) is 0. The number of halogens is 2. The van der Waals surface area contributed by atoms with Crippen LogP contribution in [0, 0.1) is 0 Å². The molecule has 0 saturated carbocycles. The minimum absolute atomic E-state index is 0.0563. The Kier molecular flexibility index (Phi) is 7.11. The van der Waals surface area contributed by atoms with Gasteiger partial charge in [-0.3, -0.25) is 4.79 Å². The van der Waals surface area contributed by atoms with Gasteiger partial charge in [0.05, 0.1) is 15.6 Å². The van der Waals surface area contributed by atoms with Crippen molar-refractivity contribution in [3.63, 3.8) is 0 Å². The van der Waals surface area contributed by atoms with Crippen LogP contribution in [0.3, 0.4) is 0 Å². The molecule has 0 aromatic heterocycles. The first kappa shape index (κ1) is 21.8. The first-order valence-electron chi connectivity index (χ1n) is 9.25. The molecule has 0 radical (unpaired) electrons. The highest BCUT2D eigenvalue weighted by atomic mass is 35.5. The monoisotopic (exact) mass is 442 g/mol. The predicted molar refractivity (Wildman–Crippen MR) is 119 cm³/mol. The zero-order chi connectivity index (χ0) is 21.7. The third-order valence-corrected chi connectivity index (χ3v) is 5.37. The molecule has 4 N–H and O–H groups in total. The van der Waals surface area contributed by atoms with Crippen molar-refractivity contribution in [1.29, 1.82) is 0 Å².